The molecule has 1 aliphatic rings. The largest absolute Gasteiger partial charge is 0.383 e. The smallest absolute Gasteiger partial charge is 0.191 e. The highest BCUT2D eigenvalue weighted by Crippen LogP contribution is 2.27. The fourth-order valence-electron chi connectivity index (χ4n) is 2.45. The Morgan fingerprint density at radius 1 is 1.29 bits per heavy atom. The van der Waals surface area contributed by atoms with Gasteiger partial charge in [0.25, 0.3) is 0 Å². The van der Waals surface area contributed by atoms with Gasteiger partial charge in [-0.2, -0.15) is 0 Å². The van der Waals surface area contributed by atoms with Crippen LogP contribution in [0.1, 0.15) is 34.8 Å². The fraction of sp³-hybridized carbons (Fsp3) is 0.733. The van der Waals surface area contributed by atoms with Gasteiger partial charge in [-0.15, -0.1) is 11.3 Å². The minimum Gasteiger partial charge on any atom is -0.383 e. The molecule has 2 N–H and O–H groups in total. The maximum absolute atomic E-state index is 5.01. The molecule has 6 heteroatoms. The van der Waals surface area contributed by atoms with Crippen molar-refractivity contribution in [3.05, 3.63) is 15.6 Å². The van der Waals surface area contributed by atoms with E-state index in [9.17, 15) is 0 Å². The number of aryl methyl sites for hydroxylation is 3. The summed E-state index contributed by atoms with van der Waals surface area (Å²) < 4.78 is 5.01. The molecular formula is C15H26N4OS. The van der Waals surface area contributed by atoms with Crippen LogP contribution in [-0.4, -0.2) is 44.8 Å². The highest BCUT2D eigenvalue weighted by Gasteiger charge is 2.14. The first kappa shape index (κ1) is 16.2. The topological polar surface area (TPSA) is 58.5 Å². The molecule has 1 heterocycles. The van der Waals surface area contributed by atoms with E-state index in [0.29, 0.717) is 6.61 Å². The molecule has 0 fully saturated rings. The van der Waals surface area contributed by atoms with Crippen LogP contribution in [0, 0.1) is 0 Å². The molecule has 0 aromatic carbocycles. The van der Waals surface area contributed by atoms with E-state index >= 15 is 0 Å². The number of rotatable bonds is 7. The normalized spacial score (nSPS) is 14.9. The molecule has 21 heavy (non-hydrogen) atoms. The van der Waals surface area contributed by atoms with E-state index in [2.05, 4.69) is 15.6 Å². The number of thiazole rings is 1. The number of guanidine groups is 1. The summed E-state index contributed by atoms with van der Waals surface area (Å²) in [7, 11) is 3.49. The Kier molecular flexibility index (Phi) is 6.95. The van der Waals surface area contributed by atoms with Crippen LogP contribution in [0.5, 0.6) is 0 Å². The van der Waals surface area contributed by atoms with Gasteiger partial charge in [0.1, 0.15) is 0 Å². The molecule has 0 spiro atoms. The SMILES string of the molecule is CN=C(NCCCc1nc2c(s1)CCCC2)NCCOC. The van der Waals surface area contributed by atoms with Crippen molar-refractivity contribution in [1.82, 2.24) is 15.6 Å². The molecule has 5 nitrogen and oxygen atoms in total. The monoisotopic (exact) mass is 310 g/mol. The van der Waals surface area contributed by atoms with Gasteiger partial charge in [0.05, 0.1) is 17.3 Å². The maximum atomic E-state index is 5.01. The van der Waals surface area contributed by atoms with Gasteiger partial charge in [0.2, 0.25) is 0 Å². The molecule has 118 valence electrons. The predicted molar refractivity (Wildman–Crippen MR) is 88.3 cm³/mol. The summed E-state index contributed by atoms with van der Waals surface area (Å²) >= 11 is 1.92. The van der Waals surface area contributed by atoms with E-state index in [0.717, 1.165) is 31.9 Å². The summed E-state index contributed by atoms with van der Waals surface area (Å²) in [4.78, 5) is 10.5. The molecule has 0 bridgehead atoms. The lowest BCUT2D eigenvalue weighted by Gasteiger charge is -2.10. The van der Waals surface area contributed by atoms with Crippen molar-refractivity contribution in [1.29, 1.82) is 0 Å². The second kappa shape index (κ2) is 9.00. The van der Waals surface area contributed by atoms with Crippen molar-refractivity contribution in [2.45, 2.75) is 38.5 Å². The van der Waals surface area contributed by atoms with E-state index in [1.165, 1.54) is 41.3 Å². The Labute approximate surface area is 131 Å². The Balaban J connectivity index is 1.65. The van der Waals surface area contributed by atoms with Gasteiger partial charge in [0.15, 0.2) is 5.96 Å². The number of methoxy groups -OCH3 is 1. The molecule has 0 unspecified atom stereocenters. The van der Waals surface area contributed by atoms with E-state index in [4.69, 9.17) is 9.72 Å². The van der Waals surface area contributed by atoms with Gasteiger partial charge in [-0.05, 0) is 32.1 Å². The van der Waals surface area contributed by atoms with Crippen LogP contribution in [0.2, 0.25) is 0 Å². The summed E-state index contributed by atoms with van der Waals surface area (Å²) in [6.07, 6.45) is 7.19. The number of hydrogen-bond acceptors (Lipinski definition) is 4. The second-order valence-corrected chi connectivity index (χ2v) is 6.37. The highest BCUT2D eigenvalue weighted by atomic mass is 32.1. The average molecular weight is 310 g/mol. The second-order valence-electron chi connectivity index (χ2n) is 5.21. The molecule has 0 saturated heterocycles. The van der Waals surface area contributed by atoms with E-state index in [1.54, 1.807) is 14.2 Å². The van der Waals surface area contributed by atoms with Crippen LogP contribution in [0.25, 0.3) is 0 Å². The van der Waals surface area contributed by atoms with Crippen molar-refractivity contribution in [3.63, 3.8) is 0 Å². The number of nitrogens with zero attached hydrogens (tertiary/aromatic N) is 2. The number of fused-ring (bicyclic) bond motifs is 1. The lowest BCUT2D eigenvalue weighted by Crippen LogP contribution is -2.39. The summed E-state index contributed by atoms with van der Waals surface area (Å²) in [5.74, 6) is 0.838. The first-order chi connectivity index (χ1) is 10.3. The number of hydrogen-bond donors (Lipinski definition) is 2. The van der Waals surface area contributed by atoms with Crippen LogP contribution in [0.4, 0.5) is 0 Å². The Morgan fingerprint density at radius 2 is 2.10 bits per heavy atom. The van der Waals surface area contributed by atoms with Crippen molar-refractivity contribution in [2.24, 2.45) is 4.99 Å². The Morgan fingerprint density at radius 3 is 2.86 bits per heavy atom. The number of aromatic nitrogens is 1. The van der Waals surface area contributed by atoms with Crippen LogP contribution in [0.3, 0.4) is 0 Å². The highest BCUT2D eigenvalue weighted by molar-refractivity contribution is 7.11. The van der Waals surface area contributed by atoms with Gasteiger partial charge in [-0.1, -0.05) is 0 Å². The van der Waals surface area contributed by atoms with Gasteiger partial charge < -0.3 is 15.4 Å². The molecule has 0 saturated carbocycles. The lowest BCUT2D eigenvalue weighted by molar-refractivity contribution is 0.203. The Hall–Kier alpha value is -1.14. The zero-order chi connectivity index (χ0) is 14.9. The van der Waals surface area contributed by atoms with Gasteiger partial charge in [0, 0.05) is 38.5 Å². The Bertz CT molecular complexity index is 435. The predicted octanol–water partition coefficient (Wildman–Crippen LogP) is 1.77. The summed E-state index contributed by atoms with van der Waals surface area (Å²) in [5.41, 5.74) is 1.37. The van der Waals surface area contributed by atoms with E-state index in [-0.39, 0.29) is 0 Å². The average Bonchev–Trinajstić information content (AvgIpc) is 2.92. The maximum Gasteiger partial charge on any atom is 0.191 e. The quantitative estimate of drug-likeness (QED) is 0.458. The molecule has 0 radical (unpaired) electrons. The van der Waals surface area contributed by atoms with Crippen LogP contribution < -0.4 is 10.6 Å². The molecule has 1 aliphatic carbocycles. The summed E-state index contributed by atoms with van der Waals surface area (Å²) in [6, 6.07) is 0. The zero-order valence-corrected chi connectivity index (χ0v) is 13.9. The molecule has 1 aromatic rings. The van der Waals surface area contributed by atoms with Gasteiger partial charge in [-0.25, -0.2) is 4.98 Å². The summed E-state index contributed by atoms with van der Waals surface area (Å²) in [6.45, 7) is 2.37. The zero-order valence-electron chi connectivity index (χ0n) is 13.1. The molecular weight excluding hydrogens is 284 g/mol. The van der Waals surface area contributed by atoms with E-state index < -0.39 is 0 Å². The molecule has 2 rings (SSSR count). The minimum atomic E-state index is 0.686. The van der Waals surface area contributed by atoms with Crippen LogP contribution >= 0.6 is 11.3 Å². The van der Waals surface area contributed by atoms with Gasteiger partial charge >= 0.3 is 0 Å². The number of ether oxygens (including phenoxy) is 1. The van der Waals surface area contributed by atoms with Crippen molar-refractivity contribution >= 4 is 17.3 Å². The summed E-state index contributed by atoms with van der Waals surface area (Å²) in [5, 5.41) is 7.83. The van der Waals surface area contributed by atoms with Crippen LogP contribution in [0.15, 0.2) is 4.99 Å². The first-order valence-electron chi connectivity index (χ1n) is 7.74. The van der Waals surface area contributed by atoms with E-state index in [1.807, 2.05) is 11.3 Å². The van der Waals surface area contributed by atoms with Crippen LogP contribution in [-0.2, 0) is 24.0 Å². The van der Waals surface area contributed by atoms with Gasteiger partial charge in [-0.3, -0.25) is 4.99 Å². The van der Waals surface area contributed by atoms with Crippen molar-refractivity contribution < 1.29 is 4.74 Å². The van der Waals surface area contributed by atoms with Crippen molar-refractivity contribution in [2.75, 3.05) is 33.9 Å². The first-order valence-corrected chi connectivity index (χ1v) is 8.56. The third-order valence-electron chi connectivity index (χ3n) is 3.57. The van der Waals surface area contributed by atoms with Crippen molar-refractivity contribution in [3.8, 4) is 0 Å². The number of nitrogens with one attached hydrogen (secondary N) is 2. The third kappa shape index (κ3) is 5.28. The molecule has 0 aliphatic heterocycles. The molecule has 1 aromatic heterocycles. The number of aliphatic imine (C=N–C) groups is 1. The minimum absolute atomic E-state index is 0.686. The fourth-order valence-corrected chi connectivity index (χ4v) is 3.65. The standard InChI is InChI=1S/C15H26N4OS/c1-16-15(18-10-11-20-2)17-9-5-8-14-19-12-6-3-4-7-13(12)21-14/h3-11H2,1-2H3,(H2,16,17,18). The molecule has 0 atom stereocenters. The third-order valence-corrected chi connectivity index (χ3v) is 4.79. The lowest BCUT2D eigenvalue weighted by atomic mass is 10.0. The molecule has 0 amide bonds.